The van der Waals surface area contributed by atoms with Crippen LogP contribution in [0.2, 0.25) is 5.02 Å². The van der Waals surface area contributed by atoms with Crippen molar-refractivity contribution in [1.82, 2.24) is 0 Å². The SMILES string of the molecule is COc1ccc(C(O)c2cc(F)cc(Cl)c2)cc1. The van der Waals surface area contributed by atoms with E-state index in [2.05, 4.69) is 0 Å². The van der Waals surface area contributed by atoms with Gasteiger partial charge in [-0.3, -0.25) is 0 Å². The first-order valence-electron chi connectivity index (χ1n) is 5.38. The van der Waals surface area contributed by atoms with Crippen LogP contribution in [0.25, 0.3) is 0 Å². The molecular weight excluding hydrogens is 255 g/mol. The number of benzene rings is 2. The maximum Gasteiger partial charge on any atom is 0.125 e. The van der Waals surface area contributed by atoms with Crippen LogP contribution in [0.3, 0.4) is 0 Å². The summed E-state index contributed by atoms with van der Waals surface area (Å²) in [6.07, 6.45) is -0.913. The van der Waals surface area contributed by atoms with E-state index >= 15 is 0 Å². The lowest BCUT2D eigenvalue weighted by atomic mass is 10.0. The topological polar surface area (TPSA) is 29.5 Å². The molecule has 0 bridgehead atoms. The van der Waals surface area contributed by atoms with Crippen LogP contribution in [0.15, 0.2) is 42.5 Å². The molecular formula is C14H12ClFO2. The van der Waals surface area contributed by atoms with Crippen molar-refractivity contribution in [3.8, 4) is 5.75 Å². The lowest BCUT2D eigenvalue weighted by Gasteiger charge is -2.12. The third-order valence-corrected chi connectivity index (χ3v) is 2.85. The van der Waals surface area contributed by atoms with Crippen molar-refractivity contribution >= 4 is 11.6 Å². The zero-order valence-electron chi connectivity index (χ0n) is 9.73. The van der Waals surface area contributed by atoms with E-state index in [9.17, 15) is 9.50 Å². The van der Waals surface area contributed by atoms with Crippen molar-refractivity contribution in [1.29, 1.82) is 0 Å². The predicted molar refractivity (Wildman–Crippen MR) is 68.5 cm³/mol. The van der Waals surface area contributed by atoms with Crippen LogP contribution in [0.5, 0.6) is 5.75 Å². The second-order valence-corrected chi connectivity index (χ2v) is 4.31. The summed E-state index contributed by atoms with van der Waals surface area (Å²) >= 11 is 5.76. The Hall–Kier alpha value is -1.58. The first-order chi connectivity index (χ1) is 8.60. The molecule has 0 aliphatic rings. The standard InChI is InChI=1S/C14H12ClFO2/c1-18-13-4-2-9(3-5-13)14(17)10-6-11(15)8-12(16)7-10/h2-8,14,17H,1H3. The molecule has 0 aliphatic heterocycles. The number of halogens is 2. The monoisotopic (exact) mass is 266 g/mol. The number of ether oxygens (including phenoxy) is 1. The molecule has 0 heterocycles. The van der Waals surface area contributed by atoms with Crippen LogP contribution in [0.1, 0.15) is 17.2 Å². The minimum absolute atomic E-state index is 0.262. The molecule has 94 valence electrons. The van der Waals surface area contributed by atoms with Gasteiger partial charge in [-0.2, -0.15) is 0 Å². The maximum absolute atomic E-state index is 13.2. The molecule has 2 rings (SSSR count). The summed E-state index contributed by atoms with van der Waals surface area (Å²) in [5.74, 6) is 0.230. The Kier molecular flexibility index (Phi) is 3.84. The highest BCUT2D eigenvalue weighted by Crippen LogP contribution is 2.26. The average Bonchev–Trinajstić information content (AvgIpc) is 2.37. The minimum Gasteiger partial charge on any atom is -0.497 e. The molecule has 4 heteroatoms. The largest absolute Gasteiger partial charge is 0.497 e. The molecule has 0 saturated carbocycles. The average molecular weight is 267 g/mol. The molecule has 0 fully saturated rings. The van der Waals surface area contributed by atoms with Gasteiger partial charge in [0.1, 0.15) is 17.7 Å². The first-order valence-corrected chi connectivity index (χ1v) is 5.76. The summed E-state index contributed by atoms with van der Waals surface area (Å²) in [5.41, 5.74) is 1.07. The van der Waals surface area contributed by atoms with Gasteiger partial charge in [0.2, 0.25) is 0 Å². The molecule has 2 aromatic rings. The summed E-state index contributed by atoms with van der Waals surface area (Å²) in [5, 5.41) is 10.4. The maximum atomic E-state index is 13.2. The molecule has 0 aromatic heterocycles. The fourth-order valence-electron chi connectivity index (χ4n) is 1.71. The number of methoxy groups -OCH3 is 1. The zero-order valence-corrected chi connectivity index (χ0v) is 10.5. The Bertz CT molecular complexity index is 520. The number of hydrogen-bond acceptors (Lipinski definition) is 2. The van der Waals surface area contributed by atoms with Crippen LogP contribution < -0.4 is 4.74 Å². The van der Waals surface area contributed by atoms with E-state index in [1.165, 1.54) is 12.1 Å². The summed E-state index contributed by atoms with van der Waals surface area (Å²) in [7, 11) is 1.57. The fraction of sp³-hybridized carbons (Fsp3) is 0.143. The number of hydrogen-bond donors (Lipinski definition) is 1. The molecule has 1 unspecified atom stereocenters. The fourth-order valence-corrected chi connectivity index (χ4v) is 1.94. The molecule has 2 aromatic carbocycles. The van der Waals surface area contributed by atoms with Gasteiger partial charge in [0, 0.05) is 5.02 Å². The van der Waals surface area contributed by atoms with E-state index in [1.807, 2.05) is 0 Å². The minimum atomic E-state index is -0.913. The van der Waals surface area contributed by atoms with E-state index in [1.54, 1.807) is 37.4 Å². The molecule has 0 radical (unpaired) electrons. The van der Waals surface area contributed by atoms with E-state index < -0.39 is 11.9 Å². The molecule has 0 saturated heterocycles. The van der Waals surface area contributed by atoms with Crippen molar-refractivity contribution in [3.05, 3.63) is 64.4 Å². The molecule has 1 atom stereocenters. The summed E-state index contributed by atoms with van der Waals surface area (Å²) in [6, 6.07) is 10.9. The van der Waals surface area contributed by atoms with Gasteiger partial charge in [-0.1, -0.05) is 23.7 Å². The zero-order chi connectivity index (χ0) is 13.1. The van der Waals surface area contributed by atoms with E-state index in [4.69, 9.17) is 16.3 Å². The normalized spacial score (nSPS) is 12.2. The Morgan fingerprint density at radius 3 is 2.33 bits per heavy atom. The lowest BCUT2D eigenvalue weighted by molar-refractivity contribution is 0.219. The Morgan fingerprint density at radius 2 is 1.78 bits per heavy atom. The highest BCUT2D eigenvalue weighted by atomic mass is 35.5. The molecule has 1 N–H and O–H groups in total. The summed E-state index contributed by atoms with van der Waals surface area (Å²) in [6.45, 7) is 0. The van der Waals surface area contributed by atoms with Gasteiger partial charge in [0.25, 0.3) is 0 Å². The Morgan fingerprint density at radius 1 is 1.11 bits per heavy atom. The molecule has 0 aliphatic carbocycles. The van der Waals surface area contributed by atoms with Crippen molar-refractivity contribution in [2.24, 2.45) is 0 Å². The highest BCUT2D eigenvalue weighted by Gasteiger charge is 2.12. The molecule has 0 amide bonds. The van der Waals surface area contributed by atoms with Crippen molar-refractivity contribution in [3.63, 3.8) is 0 Å². The quantitative estimate of drug-likeness (QED) is 0.920. The Balaban J connectivity index is 2.31. The van der Waals surface area contributed by atoms with Crippen LogP contribution in [0.4, 0.5) is 4.39 Å². The van der Waals surface area contributed by atoms with Crippen LogP contribution in [-0.4, -0.2) is 12.2 Å². The summed E-state index contributed by atoms with van der Waals surface area (Å²) < 4.78 is 18.2. The van der Waals surface area contributed by atoms with Gasteiger partial charge in [-0.15, -0.1) is 0 Å². The van der Waals surface area contributed by atoms with Gasteiger partial charge in [-0.25, -0.2) is 4.39 Å². The second kappa shape index (κ2) is 5.38. The highest BCUT2D eigenvalue weighted by molar-refractivity contribution is 6.30. The first kappa shape index (κ1) is 12.9. The number of aliphatic hydroxyl groups is 1. The molecule has 18 heavy (non-hydrogen) atoms. The van der Waals surface area contributed by atoms with Crippen molar-refractivity contribution < 1.29 is 14.2 Å². The van der Waals surface area contributed by atoms with Crippen LogP contribution in [0, 0.1) is 5.82 Å². The van der Waals surface area contributed by atoms with Crippen molar-refractivity contribution in [2.45, 2.75) is 6.10 Å². The number of rotatable bonds is 3. The second-order valence-electron chi connectivity index (χ2n) is 3.88. The van der Waals surface area contributed by atoms with Gasteiger partial charge in [-0.05, 0) is 41.5 Å². The molecule has 2 nitrogen and oxygen atoms in total. The molecule has 0 spiro atoms. The van der Waals surface area contributed by atoms with Gasteiger partial charge in [0.05, 0.1) is 7.11 Å². The third kappa shape index (κ3) is 2.81. The van der Waals surface area contributed by atoms with E-state index in [0.29, 0.717) is 16.9 Å². The van der Waals surface area contributed by atoms with Gasteiger partial charge >= 0.3 is 0 Å². The van der Waals surface area contributed by atoms with Crippen LogP contribution >= 0.6 is 11.6 Å². The smallest absolute Gasteiger partial charge is 0.125 e. The van der Waals surface area contributed by atoms with Gasteiger partial charge < -0.3 is 9.84 Å². The van der Waals surface area contributed by atoms with E-state index in [-0.39, 0.29) is 5.02 Å². The third-order valence-electron chi connectivity index (χ3n) is 2.63. The lowest BCUT2D eigenvalue weighted by Crippen LogP contribution is -2.00. The van der Waals surface area contributed by atoms with Crippen molar-refractivity contribution in [2.75, 3.05) is 7.11 Å². The number of aliphatic hydroxyl groups excluding tert-OH is 1. The van der Waals surface area contributed by atoms with Crippen LogP contribution in [-0.2, 0) is 0 Å². The Labute approximate surface area is 110 Å². The van der Waals surface area contributed by atoms with Gasteiger partial charge in [0.15, 0.2) is 0 Å². The summed E-state index contributed by atoms with van der Waals surface area (Å²) in [4.78, 5) is 0. The predicted octanol–water partition coefficient (Wildman–Crippen LogP) is 3.57. The van der Waals surface area contributed by atoms with E-state index in [0.717, 1.165) is 0 Å².